The summed E-state index contributed by atoms with van der Waals surface area (Å²) >= 11 is 1.82. The van der Waals surface area contributed by atoms with Crippen molar-refractivity contribution in [3.8, 4) is 0 Å². The molecule has 0 amide bonds. The molecule has 0 bridgehead atoms. The zero-order chi connectivity index (χ0) is 13.9. The van der Waals surface area contributed by atoms with Gasteiger partial charge in [-0.1, -0.05) is 12.1 Å². The van der Waals surface area contributed by atoms with E-state index in [0.29, 0.717) is 22.9 Å². The molecule has 1 atom stereocenters. The van der Waals surface area contributed by atoms with Crippen LogP contribution in [-0.2, 0) is 16.6 Å². The maximum absolute atomic E-state index is 12.3. The van der Waals surface area contributed by atoms with Crippen LogP contribution >= 0.6 is 11.8 Å². The second-order valence-corrected chi connectivity index (χ2v) is 7.89. The summed E-state index contributed by atoms with van der Waals surface area (Å²) in [4.78, 5) is 0.266. The molecule has 1 heterocycles. The van der Waals surface area contributed by atoms with Gasteiger partial charge in [0, 0.05) is 11.8 Å². The summed E-state index contributed by atoms with van der Waals surface area (Å²) in [6.45, 7) is 2.09. The second-order valence-electron chi connectivity index (χ2n) is 4.74. The van der Waals surface area contributed by atoms with E-state index in [9.17, 15) is 8.42 Å². The summed E-state index contributed by atoms with van der Waals surface area (Å²) in [5.74, 6) is 1.12. The number of rotatable bonds is 5. The van der Waals surface area contributed by atoms with Crippen molar-refractivity contribution in [2.45, 2.75) is 36.5 Å². The molecule has 2 N–H and O–H groups in total. The third-order valence-corrected chi connectivity index (χ3v) is 6.21. The monoisotopic (exact) mass is 301 g/mol. The van der Waals surface area contributed by atoms with Crippen molar-refractivity contribution in [2.75, 3.05) is 12.3 Å². The average Bonchev–Trinajstić information content (AvgIpc) is 2.90. The molecule has 0 aromatic heterocycles. The molecule has 19 heavy (non-hydrogen) atoms. The molecule has 0 aliphatic carbocycles. The van der Waals surface area contributed by atoms with Crippen LogP contribution in [0.5, 0.6) is 0 Å². The van der Waals surface area contributed by atoms with Crippen molar-refractivity contribution in [3.63, 3.8) is 0 Å². The normalized spacial score (nSPS) is 19.8. The number of hydrogen-bond donors (Lipinski definition) is 2. The molecule has 106 valence electrons. The Bertz CT molecular complexity index is 537. The molecule has 4 nitrogen and oxygen atoms in total. The summed E-state index contributed by atoms with van der Waals surface area (Å²) < 4.78 is 27.2. The first-order valence-electron chi connectivity index (χ1n) is 6.34. The van der Waals surface area contributed by atoms with Crippen molar-refractivity contribution in [1.29, 1.82) is 0 Å². The van der Waals surface area contributed by atoms with Crippen LogP contribution in [0.3, 0.4) is 0 Å². The molecule has 1 aromatic rings. The molecule has 1 unspecified atom stereocenters. The van der Waals surface area contributed by atoms with E-state index in [0.717, 1.165) is 18.6 Å². The van der Waals surface area contributed by atoms with E-state index in [4.69, 9.17) is 5.11 Å². The van der Waals surface area contributed by atoms with Crippen molar-refractivity contribution < 1.29 is 13.5 Å². The highest BCUT2D eigenvalue weighted by atomic mass is 32.2. The molecule has 0 saturated carbocycles. The molecular weight excluding hydrogens is 282 g/mol. The molecule has 0 radical (unpaired) electrons. The summed E-state index contributed by atoms with van der Waals surface area (Å²) in [6, 6.07) is 5.01. The molecule has 1 aliphatic rings. The first-order valence-corrected chi connectivity index (χ1v) is 8.88. The topological polar surface area (TPSA) is 66.4 Å². The van der Waals surface area contributed by atoms with Gasteiger partial charge in [-0.3, -0.25) is 0 Å². The number of thioether (sulfide) groups is 1. The van der Waals surface area contributed by atoms with Crippen LogP contribution in [0.15, 0.2) is 23.1 Å². The molecule has 2 rings (SSSR count). The highest BCUT2D eigenvalue weighted by Gasteiger charge is 2.21. The van der Waals surface area contributed by atoms with E-state index in [1.165, 1.54) is 0 Å². The Hall–Kier alpha value is -0.560. The van der Waals surface area contributed by atoms with Gasteiger partial charge in [-0.25, -0.2) is 13.1 Å². The number of hydrogen-bond acceptors (Lipinski definition) is 4. The second kappa shape index (κ2) is 6.26. The minimum absolute atomic E-state index is 0.152. The number of aliphatic hydroxyl groups excluding tert-OH is 1. The van der Waals surface area contributed by atoms with Crippen LogP contribution in [-0.4, -0.2) is 31.1 Å². The van der Waals surface area contributed by atoms with Gasteiger partial charge in [-0.15, -0.1) is 0 Å². The Balaban J connectivity index is 2.13. The maximum atomic E-state index is 12.3. The average molecular weight is 301 g/mol. The Morgan fingerprint density at radius 1 is 1.47 bits per heavy atom. The minimum atomic E-state index is -3.49. The number of nitrogens with one attached hydrogen (secondary N) is 1. The van der Waals surface area contributed by atoms with E-state index in [-0.39, 0.29) is 11.5 Å². The molecule has 1 aliphatic heterocycles. The summed E-state index contributed by atoms with van der Waals surface area (Å²) in [5, 5.41) is 9.49. The highest BCUT2D eigenvalue weighted by molar-refractivity contribution is 8.00. The van der Waals surface area contributed by atoms with E-state index < -0.39 is 10.0 Å². The van der Waals surface area contributed by atoms with Gasteiger partial charge in [-0.05, 0) is 42.7 Å². The third-order valence-electron chi connectivity index (χ3n) is 3.25. The van der Waals surface area contributed by atoms with Crippen LogP contribution in [0.25, 0.3) is 0 Å². The standard InChI is InChI=1S/C13H19NO3S2/c1-10-4-5-11(9-15)7-13(10)19(16,17)14-8-12-3-2-6-18-12/h4-5,7,12,14-15H,2-3,6,8-9H2,1H3. The van der Waals surface area contributed by atoms with Gasteiger partial charge in [-0.2, -0.15) is 11.8 Å². The SMILES string of the molecule is Cc1ccc(CO)cc1S(=O)(=O)NCC1CCCS1. The zero-order valence-electron chi connectivity index (χ0n) is 10.9. The first kappa shape index (κ1) is 14.8. The van der Waals surface area contributed by atoms with Gasteiger partial charge in [0.05, 0.1) is 11.5 Å². The fourth-order valence-electron chi connectivity index (χ4n) is 2.12. The van der Waals surface area contributed by atoms with Crippen molar-refractivity contribution in [2.24, 2.45) is 0 Å². The van der Waals surface area contributed by atoms with Gasteiger partial charge < -0.3 is 5.11 Å². The Kier molecular flexibility index (Phi) is 4.89. The molecule has 1 aromatic carbocycles. The fourth-order valence-corrected chi connectivity index (χ4v) is 4.80. The maximum Gasteiger partial charge on any atom is 0.240 e. The van der Waals surface area contributed by atoms with Crippen LogP contribution < -0.4 is 4.72 Å². The van der Waals surface area contributed by atoms with Crippen molar-refractivity contribution >= 4 is 21.8 Å². The van der Waals surface area contributed by atoms with Gasteiger partial charge in [0.25, 0.3) is 0 Å². The Morgan fingerprint density at radius 3 is 2.89 bits per heavy atom. The van der Waals surface area contributed by atoms with E-state index in [1.807, 2.05) is 11.8 Å². The van der Waals surface area contributed by atoms with E-state index >= 15 is 0 Å². The lowest BCUT2D eigenvalue weighted by Crippen LogP contribution is -2.30. The lowest BCUT2D eigenvalue weighted by molar-refractivity contribution is 0.281. The lowest BCUT2D eigenvalue weighted by Gasteiger charge is -2.13. The molecule has 1 fully saturated rings. The van der Waals surface area contributed by atoms with Gasteiger partial charge in [0.2, 0.25) is 10.0 Å². The summed E-state index contributed by atoms with van der Waals surface area (Å²) in [5.41, 5.74) is 1.31. The van der Waals surface area contributed by atoms with Crippen LogP contribution in [0.2, 0.25) is 0 Å². The number of aryl methyl sites for hydroxylation is 1. The van der Waals surface area contributed by atoms with Crippen molar-refractivity contribution in [3.05, 3.63) is 29.3 Å². The third kappa shape index (κ3) is 3.72. The number of aliphatic hydroxyl groups is 1. The predicted molar refractivity (Wildman–Crippen MR) is 77.8 cm³/mol. The molecular formula is C13H19NO3S2. The van der Waals surface area contributed by atoms with Crippen molar-refractivity contribution in [1.82, 2.24) is 4.72 Å². The zero-order valence-corrected chi connectivity index (χ0v) is 12.6. The Labute approximate surface area is 118 Å². The fraction of sp³-hybridized carbons (Fsp3) is 0.538. The van der Waals surface area contributed by atoms with Crippen LogP contribution in [0.4, 0.5) is 0 Å². The smallest absolute Gasteiger partial charge is 0.240 e. The summed E-state index contributed by atoms with van der Waals surface area (Å²) in [6.07, 6.45) is 2.24. The predicted octanol–water partition coefficient (Wildman–Crippen LogP) is 1.66. The highest BCUT2D eigenvalue weighted by Crippen LogP contribution is 2.26. The molecule has 0 spiro atoms. The first-order chi connectivity index (χ1) is 9.03. The number of benzene rings is 1. The quantitative estimate of drug-likeness (QED) is 0.868. The van der Waals surface area contributed by atoms with E-state index in [2.05, 4.69) is 4.72 Å². The van der Waals surface area contributed by atoms with Gasteiger partial charge >= 0.3 is 0 Å². The van der Waals surface area contributed by atoms with Gasteiger partial charge in [0.15, 0.2) is 0 Å². The number of sulfonamides is 1. The minimum Gasteiger partial charge on any atom is -0.392 e. The molecule has 1 saturated heterocycles. The van der Waals surface area contributed by atoms with E-state index in [1.54, 1.807) is 25.1 Å². The molecule has 6 heteroatoms. The Morgan fingerprint density at radius 2 is 2.26 bits per heavy atom. The van der Waals surface area contributed by atoms with Gasteiger partial charge in [0.1, 0.15) is 0 Å². The lowest BCUT2D eigenvalue weighted by atomic mass is 10.2. The van der Waals surface area contributed by atoms with Crippen LogP contribution in [0, 0.1) is 6.92 Å². The largest absolute Gasteiger partial charge is 0.392 e. The van der Waals surface area contributed by atoms with Crippen LogP contribution in [0.1, 0.15) is 24.0 Å². The summed E-state index contributed by atoms with van der Waals surface area (Å²) in [7, 11) is -3.49.